The second-order valence-corrected chi connectivity index (χ2v) is 2.29. The van der Waals surface area contributed by atoms with Gasteiger partial charge in [0.2, 0.25) is 0 Å². The molecule has 1 aliphatic carbocycles. The lowest BCUT2D eigenvalue weighted by molar-refractivity contribution is -0.449. The van der Waals surface area contributed by atoms with E-state index in [0.717, 1.165) is 0 Å². The summed E-state index contributed by atoms with van der Waals surface area (Å²) >= 11 is 0. The molecule has 0 bridgehead atoms. The Morgan fingerprint density at radius 3 is 3.44 bits per heavy atom. The van der Waals surface area contributed by atoms with Crippen LogP contribution >= 0.6 is 0 Å². The van der Waals surface area contributed by atoms with Gasteiger partial charge in [0.15, 0.2) is 6.20 Å². The summed E-state index contributed by atoms with van der Waals surface area (Å²) < 4.78 is 0. The molecule has 0 aliphatic heterocycles. The zero-order valence-corrected chi connectivity index (χ0v) is 5.15. The lowest BCUT2D eigenvalue weighted by Crippen LogP contribution is -1.97. The molecule has 0 spiro atoms. The Morgan fingerprint density at radius 2 is 2.56 bits per heavy atom. The van der Waals surface area contributed by atoms with Crippen molar-refractivity contribution in [3.8, 4) is 0 Å². The molecule has 0 fully saturated rings. The quantitative estimate of drug-likeness (QED) is 0.526. The van der Waals surface area contributed by atoms with Crippen molar-refractivity contribution in [2.45, 2.75) is 12.8 Å². The SMILES string of the molecule is C1=Cc2[nH][nH+]cc2CC1. The fourth-order valence-electron chi connectivity index (χ4n) is 1.15. The van der Waals surface area contributed by atoms with Crippen molar-refractivity contribution in [1.29, 1.82) is 0 Å². The van der Waals surface area contributed by atoms with E-state index in [1.165, 1.54) is 24.1 Å². The van der Waals surface area contributed by atoms with Crippen molar-refractivity contribution in [3.05, 3.63) is 23.5 Å². The monoisotopic (exact) mass is 121 g/mol. The summed E-state index contributed by atoms with van der Waals surface area (Å²) in [4.78, 5) is 0. The maximum Gasteiger partial charge on any atom is 0.196 e. The van der Waals surface area contributed by atoms with Gasteiger partial charge in [-0.1, -0.05) is 6.08 Å². The fraction of sp³-hybridized carbons (Fsp3) is 0.286. The smallest absolute Gasteiger partial charge is 0.168 e. The Balaban J connectivity index is 2.53. The molecule has 0 atom stereocenters. The van der Waals surface area contributed by atoms with Crippen LogP contribution in [-0.2, 0) is 6.42 Å². The molecule has 2 rings (SSSR count). The predicted octanol–water partition coefficient (Wildman–Crippen LogP) is 0.788. The Bertz CT molecular complexity index is 235. The summed E-state index contributed by atoms with van der Waals surface area (Å²) in [6, 6.07) is 0. The van der Waals surface area contributed by atoms with Gasteiger partial charge < -0.3 is 0 Å². The molecule has 2 N–H and O–H groups in total. The van der Waals surface area contributed by atoms with Gasteiger partial charge in [-0.05, 0) is 18.9 Å². The van der Waals surface area contributed by atoms with Crippen molar-refractivity contribution < 1.29 is 5.10 Å². The number of aromatic amines is 2. The molecule has 0 amide bonds. The van der Waals surface area contributed by atoms with Gasteiger partial charge >= 0.3 is 0 Å². The van der Waals surface area contributed by atoms with Crippen LogP contribution in [0, 0.1) is 0 Å². The minimum atomic E-state index is 1.17. The van der Waals surface area contributed by atoms with E-state index in [1.807, 2.05) is 6.20 Å². The lowest BCUT2D eigenvalue weighted by atomic mass is 10.1. The van der Waals surface area contributed by atoms with Crippen LogP contribution in [0.2, 0.25) is 0 Å². The van der Waals surface area contributed by atoms with E-state index >= 15 is 0 Å². The lowest BCUT2D eigenvalue weighted by Gasteiger charge is -1.97. The number of H-pyrrole nitrogens is 2. The van der Waals surface area contributed by atoms with Gasteiger partial charge in [0.05, 0.1) is 0 Å². The first-order chi connectivity index (χ1) is 4.47. The summed E-state index contributed by atoms with van der Waals surface area (Å²) in [6.07, 6.45) is 8.69. The van der Waals surface area contributed by atoms with Crippen LogP contribution in [0.5, 0.6) is 0 Å². The van der Waals surface area contributed by atoms with E-state index in [9.17, 15) is 0 Å². The number of nitrogens with one attached hydrogen (secondary N) is 2. The summed E-state index contributed by atoms with van der Waals surface area (Å²) in [7, 11) is 0. The minimum absolute atomic E-state index is 1.17. The van der Waals surface area contributed by atoms with E-state index in [1.54, 1.807) is 0 Å². The van der Waals surface area contributed by atoms with Crippen molar-refractivity contribution in [2.75, 3.05) is 0 Å². The molecule has 0 radical (unpaired) electrons. The third kappa shape index (κ3) is 0.669. The molecule has 0 saturated heterocycles. The van der Waals surface area contributed by atoms with Crippen molar-refractivity contribution in [1.82, 2.24) is 5.10 Å². The highest BCUT2D eigenvalue weighted by molar-refractivity contribution is 5.50. The van der Waals surface area contributed by atoms with Crippen molar-refractivity contribution >= 4 is 6.08 Å². The van der Waals surface area contributed by atoms with Crippen LogP contribution < -0.4 is 5.10 Å². The second-order valence-electron chi connectivity index (χ2n) is 2.29. The van der Waals surface area contributed by atoms with E-state index in [2.05, 4.69) is 22.3 Å². The van der Waals surface area contributed by atoms with Crippen LogP contribution in [-0.4, -0.2) is 5.10 Å². The summed E-state index contributed by atoms with van der Waals surface area (Å²) in [5.41, 5.74) is 2.64. The van der Waals surface area contributed by atoms with E-state index < -0.39 is 0 Å². The Labute approximate surface area is 53.6 Å². The molecule has 0 saturated carbocycles. The molecular weight excluding hydrogens is 112 g/mol. The highest BCUT2D eigenvalue weighted by Gasteiger charge is 2.07. The average molecular weight is 121 g/mol. The molecule has 0 aromatic carbocycles. The predicted molar refractivity (Wildman–Crippen MR) is 34.7 cm³/mol. The fourth-order valence-corrected chi connectivity index (χ4v) is 1.15. The second kappa shape index (κ2) is 1.72. The maximum absolute atomic E-state index is 3.05. The number of hydrogen-bond acceptors (Lipinski definition) is 0. The number of fused-ring (bicyclic) bond motifs is 1. The summed E-state index contributed by atoms with van der Waals surface area (Å²) in [5, 5.41) is 6.01. The van der Waals surface area contributed by atoms with Crippen molar-refractivity contribution in [2.24, 2.45) is 0 Å². The minimum Gasteiger partial charge on any atom is -0.168 e. The number of aromatic nitrogens is 2. The third-order valence-electron chi connectivity index (χ3n) is 1.66. The summed E-state index contributed by atoms with van der Waals surface area (Å²) in [5.74, 6) is 0. The van der Waals surface area contributed by atoms with Gasteiger partial charge in [-0.15, -0.1) is 5.10 Å². The van der Waals surface area contributed by atoms with Gasteiger partial charge in [0.1, 0.15) is 5.69 Å². The first-order valence-corrected chi connectivity index (χ1v) is 3.21. The maximum atomic E-state index is 3.05. The van der Waals surface area contributed by atoms with Crippen LogP contribution in [0.15, 0.2) is 12.3 Å². The Kier molecular flexibility index (Phi) is 0.918. The summed E-state index contributed by atoms with van der Waals surface area (Å²) in [6.45, 7) is 0. The molecule has 1 aliphatic rings. The van der Waals surface area contributed by atoms with Gasteiger partial charge in [-0.3, -0.25) is 0 Å². The highest BCUT2D eigenvalue weighted by Crippen LogP contribution is 2.13. The molecule has 0 unspecified atom stereocenters. The van der Waals surface area contributed by atoms with Crippen molar-refractivity contribution in [3.63, 3.8) is 0 Å². The van der Waals surface area contributed by atoms with Crippen LogP contribution in [0.4, 0.5) is 0 Å². The molecule has 9 heavy (non-hydrogen) atoms. The van der Waals surface area contributed by atoms with E-state index in [-0.39, 0.29) is 0 Å². The molecule has 1 aromatic rings. The zero-order valence-electron chi connectivity index (χ0n) is 5.15. The largest absolute Gasteiger partial charge is 0.196 e. The highest BCUT2D eigenvalue weighted by atomic mass is 15.1. The topological polar surface area (TPSA) is 29.9 Å². The first kappa shape index (κ1) is 4.79. The number of rotatable bonds is 0. The number of hydrogen-bond donors (Lipinski definition) is 1. The van der Waals surface area contributed by atoms with Gasteiger partial charge in [0.25, 0.3) is 0 Å². The standard InChI is InChI=1S/C7H8N2/c1-2-4-7-6(3-1)5-8-9-7/h2,4-5H,1,3H2,(H,8,9)/p+1. The average Bonchev–Trinajstić information content (AvgIpc) is 2.33. The first-order valence-electron chi connectivity index (χ1n) is 3.21. The van der Waals surface area contributed by atoms with Crippen LogP contribution in [0.25, 0.3) is 6.08 Å². The number of allylic oxidation sites excluding steroid dienone is 1. The Hall–Kier alpha value is -1.05. The van der Waals surface area contributed by atoms with E-state index in [4.69, 9.17) is 0 Å². The Morgan fingerprint density at radius 1 is 1.56 bits per heavy atom. The molecule has 1 heterocycles. The third-order valence-corrected chi connectivity index (χ3v) is 1.66. The molecule has 46 valence electrons. The number of aryl methyl sites for hydroxylation is 1. The molecule has 1 aromatic heterocycles. The van der Waals surface area contributed by atoms with Gasteiger partial charge in [-0.2, -0.15) is 5.10 Å². The van der Waals surface area contributed by atoms with E-state index in [0.29, 0.717) is 0 Å². The van der Waals surface area contributed by atoms with Crippen LogP contribution in [0.3, 0.4) is 0 Å². The van der Waals surface area contributed by atoms with Gasteiger partial charge in [-0.25, -0.2) is 0 Å². The molecular formula is C7H9N2+. The molecule has 2 heteroatoms. The van der Waals surface area contributed by atoms with Gasteiger partial charge in [0, 0.05) is 5.56 Å². The zero-order chi connectivity index (χ0) is 6.10. The molecule has 2 nitrogen and oxygen atoms in total. The normalized spacial score (nSPS) is 15.6. The van der Waals surface area contributed by atoms with Crippen LogP contribution in [0.1, 0.15) is 17.7 Å².